The second kappa shape index (κ2) is 6.59. The molecular weight excluding hydrogens is 276 g/mol. The molecule has 1 aromatic heterocycles. The number of benzene rings is 1. The molecule has 1 unspecified atom stereocenters. The van der Waals surface area contributed by atoms with E-state index in [0.29, 0.717) is 12.1 Å². The zero-order valence-corrected chi connectivity index (χ0v) is 11.8. The number of halogens is 1. The van der Waals surface area contributed by atoms with Gasteiger partial charge in [-0.3, -0.25) is 4.79 Å². The maximum atomic E-state index is 11.9. The highest BCUT2D eigenvalue weighted by Crippen LogP contribution is 2.21. The van der Waals surface area contributed by atoms with Crippen molar-refractivity contribution < 1.29 is 9.21 Å². The molecule has 1 amide bonds. The maximum Gasteiger partial charge on any atom is 0.254 e. The fourth-order valence-electron chi connectivity index (χ4n) is 2.47. The Kier molecular flexibility index (Phi) is 4.82. The molecule has 0 spiro atoms. The minimum Gasteiger partial charge on any atom is -0.472 e. The topological polar surface area (TPSA) is 54.3 Å². The Bertz CT molecular complexity index is 569. The summed E-state index contributed by atoms with van der Waals surface area (Å²) in [5.74, 6) is -0.0985. The van der Waals surface area contributed by atoms with E-state index in [2.05, 4.69) is 28.8 Å². The van der Waals surface area contributed by atoms with Crippen molar-refractivity contribution in [3.05, 3.63) is 59.5 Å². The molecular formula is C15H17ClN2O2. The van der Waals surface area contributed by atoms with Gasteiger partial charge in [0, 0.05) is 12.6 Å². The smallest absolute Gasteiger partial charge is 0.254 e. The van der Waals surface area contributed by atoms with Crippen LogP contribution in [0.2, 0.25) is 0 Å². The molecule has 0 bridgehead atoms. The normalized spacial score (nSPS) is 16.9. The molecule has 20 heavy (non-hydrogen) atoms. The minimum absolute atomic E-state index is 0. The van der Waals surface area contributed by atoms with Crippen LogP contribution in [0.1, 0.15) is 27.5 Å². The second-order valence-corrected chi connectivity index (χ2v) is 4.68. The van der Waals surface area contributed by atoms with Crippen molar-refractivity contribution in [2.45, 2.75) is 12.5 Å². The number of carbonyl (C=O) groups excluding carboxylic acids is 1. The van der Waals surface area contributed by atoms with Gasteiger partial charge >= 0.3 is 0 Å². The van der Waals surface area contributed by atoms with E-state index in [1.165, 1.54) is 23.7 Å². The summed E-state index contributed by atoms with van der Waals surface area (Å²) in [7, 11) is 0. The lowest BCUT2D eigenvalue weighted by Crippen LogP contribution is -2.38. The van der Waals surface area contributed by atoms with Crippen molar-refractivity contribution in [1.29, 1.82) is 0 Å². The van der Waals surface area contributed by atoms with E-state index in [1.54, 1.807) is 6.07 Å². The van der Waals surface area contributed by atoms with Crippen LogP contribution in [0.4, 0.5) is 0 Å². The Balaban J connectivity index is 0.00000147. The molecule has 2 N–H and O–H groups in total. The van der Waals surface area contributed by atoms with Crippen LogP contribution in [0, 0.1) is 0 Å². The number of carbonyl (C=O) groups is 1. The number of rotatable bonds is 3. The second-order valence-electron chi connectivity index (χ2n) is 4.68. The van der Waals surface area contributed by atoms with Gasteiger partial charge in [0.1, 0.15) is 6.26 Å². The first-order valence-corrected chi connectivity index (χ1v) is 6.46. The van der Waals surface area contributed by atoms with Crippen molar-refractivity contribution >= 4 is 18.3 Å². The minimum atomic E-state index is -0.0985. The fraction of sp³-hybridized carbons (Fsp3) is 0.267. The quantitative estimate of drug-likeness (QED) is 0.913. The van der Waals surface area contributed by atoms with Crippen LogP contribution in [0.3, 0.4) is 0 Å². The summed E-state index contributed by atoms with van der Waals surface area (Å²) in [6.45, 7) is 1.53. The van der Waals surface area contributed by atoms with Gasteiger partial charge in [0.25, 0.3) is 5.91 Å². The van der Waals surface area contributed by atoms with Gasteiger partial charge in [-0.05, 0) is 30.2 Å². The number of fused-ring (bicyclic) bond motifs is 1. The molecule has 0 saturated heterocycles. The Morgan fingerprint density at radius 2 is 2.20 bits per heavy atom. The van der Waals surface area contributed by atoms with Crippen LogP contribution in [0.25, 0.3) is 0 Å². The highest BCUT2D eigenvalue weighted by atomic mass is 35.5. The number of hydrogen-bond donors (Lipinski definition) is 2. The average molecular weight is 293 g/mol. The Morgan fingerprint density at radius 1 is 1.35 bits per heavy atom. The Morgan fingerprint density at radius 3 is 3.00 bits per heavy atom. The van der Waals surface area contributed by atoms with Gasteiger partial charge in [-0.1, -0.05) is 24.3 Å². The van der Waals surface area contributed by atoms with E-state index in [9.17, 15) is 4.79 Å². The summed E-state index contributed by atoms with van der Waals surface area (Å²) < 4.78 is 4.91. The third kappa shape index (κ3) is 3.03. The van der Waals surface area contributed by atoms with Crippen LogP contribution >= 0.6 is 12.4 Å². The lowest BCUT2D eigenvalue weighted by Gasteiger charge is -2.27. The molecule has 0 aliphatic carbocycles. The molecule has 1 aliphatic heterocycles. The van der Waals surface area contributed by atoms with Crippen LogP contribution in [-0.4, -0.2) is 19.0 Å². The highest BCUT2D eigenvalue weighted by molar-refractivity contribution is 5.93. The predicted molar refractivity (Wildman–Crippen MR) is 79.2 cm³/mol. The Labute approximate surface area is 124 Å². The first-order chi connectivity index (χ1) is 9.34. The fourth-order valence-corrected chi connectivity index (χ4v) is 2.47. The molecule has 2 aromatic rings. The third-order valence-electron chi connectivity index (χ3n) is 3.47. The van der Waals surface area contributed by atoms with Crippen molar-refractivity contribution in [1.82, 2.24) is 10.6 Å². The van der Waals surface area contributed by atoms with E-state index in [4.69, 9.17) is 4.42 Å². The maximum absolute atomic E-state index is 11.9. The zero-order valence-electron chi connectivity index (χ0n) is 11.0. The number of nitrogens with one attached hydrogen (secondary N) is 2. The van der Waals surface area contributed by atoms with Gasteiger partial charge < -0.3 is 15.1 Å². The summed E-state index contributed by atoms with van der Waals surface area (Å²) in [4.78, 5) is 11.9. The van der Waals surface area contributed by atoms with E-state index in [1.807, 2.05) is 6.07 Å². The third-order valence-corrected chi connectivity index (χ3v) is 3.47. The largest absolute Gasteiger partial charge is 0.472 e. The average Bonchev–Trinajstić information content (AvgIpc) is 2.99. The molecule has 0 radical (unpaired) electrons. The van der Waals surface area contributed by atoms with Gasteiger partial charge in [0.15, 0.2) is 0 Å². The molecule has 3 rings (SSSR count). The number of amides is 1. The molecule has 0 saturated carbocycles. The van der Waals surface area contributed by atoms with Crippen LogP contribution in [0.5, 0.6) is 0 Å². The standard InChI is InChI=1S/C15H16N2O2.ClH/c18-15(12-6-8-19-10-12)17-9-14-13-4-2-1-3-11(13)5-7-16-14;/h1-4,6,8,10,14,16H,5,7,9H2,(H,17,18);1H. The van der Waals surface area contributed by atoms with Gasteiger partial charge in [-0.2, -0.15) is 0 Å². The molecule has 2 heterocycles. The molecule has 4 nitrogen and oxygen atoms in total. The summed E-state index contributed by atoms with van der Waals surface area (Å²) in [5.41, 5.74) is 3.20. The summed E-state index contributed by atoms with van der Waals surface area (Å²) in [6.07, 6.45) is 4.00. The van der Waals surface area contributed by atoms with E-state index >= 15 is 0 Å². The summed E-state index contributed by atoms with van der Waals surface area (Å²) >= 11 is 0. The summed E-state index contributed by atoms with van der Waals surface area (Å²) in [6, 6.07) is 10.2. The van der Waals surface area contributed by atoms with E-state index in [0.717, 1.165) is 13.0 Å². The van der Waals surface area contributed by atoms with Gasteiger partial charge in [0.05, 0.1) is 11.8 Å². The van der Waals surface area contributed by atoms with Crippen molar-refractivity contribution in [2.75, 3.05) is 13.1 Å². The molecule has 1 atom stereocenters. The molecule has 106 valence electrons. The van der Waals surface area contributed by atoms with Crippen LogP contribution in [0.15, 0.2) is 47.3 Å². The van der Waals surface area contributed by atoms with Crippen LogP contribution < -0.4 is 10.6 Å². The molecule has 5 heteroatoms. The zero-order chi connectivity index (χ0) is 13.1. The van der Waals surface area contributed by atoms with E-state index < -0.39 is 0 Å². The van der Waals surface area contributed by atoms with Gasteiger partial charge in [-0.25, -0.2) is 0 Å². The lowest BCUT2D eigenvalue weighted by atomic mass is 9.94. The predicted octanol–water partition coefficient (Wildman–Crippen LogP) is 2.32. The van der Waals surface area contributed by atoms with E-state index in [-0.39, 0.29) is 24.4 Å². The SMILES string of the molecule is Cl.O=C(NCC1NCCc2ccccc21)c1ccoc1. The number of furan rings is 1. The Hall–Kier alpha value is -1.78. The van der Waals surface area contributed by atoms with Crippen LogP contribution in [-0.2, 0) is 6.42 Å². The first-order valence-electron chi connectivity index (χ1n) is 6.46. The summed E-state index contributed by atoms with van der Waals surface area (Å²) in [5, 5.41) is 6.37. The molecule has 1 aliphatic rings. The highest BCUT2D eigenvalue weighted by Gasteiger charge is 2.19. The lowest BCUT2D eigenvalue weighted by molar-refractivity contribution is 0.0948. The monoisotopic (exact) mass is 292 g/mol. The number of hydrogen-bond acceptors (Lipinski definition) is 3. The first kappa shape index (κ1) is 14.6. The van der Waals surface area contributed by atoms with Gasteiger partial charge in [0.2, 0.25) is 0 Å². The van der Waals surface area contributed by atoms with Gasteiger partial charge in [-0.15, -0.1) is 12.4 Å². The molecule has 1 aromatic carbocycles. The van der Waals surface area contributed by atoms with Crippen molar-refractivity contribution in [3.8, 4) is 0 Å². The molecule has 0 fully saturated rings. The van der Waals surface area contributed by atoms with Crippen molar-refractivity contribution in [3.63, 3.8) is 0 Å². The van der Waals surface area contributed by atoms with Crippen molar-refractivity contribution in [2.24, 2.45) is 0 Å².